The highest BCUT2D eigenvalue weighted by Crippen LogP contribution is 2.22. The van der Waals surface area contributed by atoms with Crippen molar-refractivity contribution < 1.29 is 4.74 Å². The van der Waals surface area contributed by atoms with Gasteiger partial charge < -0.3 is 10.1 Å². The van der Waals surface area contributed by atoms with Gasteiger partial charge in [0.2, 0.25) is 0 Å². The zero-order valence-electron chi connectivity index (χ0n) is 11.3. The quantitative estimate of drug-likeness (QED) is 0.845. The van der Waals surface area contributed by atoms with Crippen molar-refractivity contribution in [3.63, 3.8) is 0 Å². The van der Waals surface area contributed by atoms with Gasteiger partial charge in [-0.3, -0.25) is 4.68 Å². The van der Waals surface area contributed by atoms with E-state index in [1.807, 2.05) is 23.0 Å². The second kappa shape index (κ2) is 6.41. The Labute approximate surface area is 127 Å². The molecular formula is C15H18BrN3O. The first-order valence-corrected chi connectivity index (χ1v) is 7.72. The monoisotopic (exact) mass is 335 g/mol. The molecule has 1 aliphatic carbocycles. The van der Waals surface area contributed by atoms with Crippen molar-refractivity contribution >= 4 is 15.9 Å². The number of aromatic nitrogens is 2. The average molecular weight is 336 g/mol. The fourth-order valence-corrected chi connectivity index (χ4v) is 2.37. The molecule has 1 N–H and O–H groups in total. The summed E-state index contributed by atoms with van der Waals surface area (Å²) in [5.41, 5.74) is 1.22. The number of hydrogen-bond donors (Lipinski definition) is 1. The van der Waals surface area contributed by atoms with Gasteiger partial charge in [-0.1, -0.05) is 18.2 Å². The maximum absolute atomic E-state index is 5.89. The van der Waals surface area contributed by atoms with Crippen molar-refractivity contribution in [1.82, 2.24) is 15.1 Å². The van der Waals surface area contributed by atoms with Crippen LogP contribution in [0.1, 0.15) is 18.4 Å². The van der Waals surface area contributed by atoms with E-state index in [1.54, 1.807) is 6.20 Å². The first-order chi connectivity index (χ1) is 9.81. The van der Waals surface area contributed by atoms with Crippen LogP contribution < -0.4 is 10.1 Å². The first kappa shape index (κ1) is 13.6. The van der Waals surface area contributed by atoms with Crippen molar-refractivity contribution in [3.05, 3.63) is 46.7 Å². The standard InChI is InChI=1S/C15H18BrN3O/c16-13-10-18-19(11-13)7-8-20-15-4-2-1-3-12(15)9-17-14-5-6-14/h1-4,10-11,14,17H,5-9H2. The molecule has 0 saturated heterocycles. The molecule has 0 radical (unpaired) electrons. The Hall–Kier alpha value is -1.33. The van der Waals surface area contributed by atoms with Gasteiger partial charge in [0.25, 0.3) is 0 Å². The summed E-state index contributed by atoms with van der Waals surface area (Å²) in [5, 5.41) is 7.74. The molecular weight excluding hydrogens is 318 g/mol. The Kier molecular flexibility index (Phi) is 4.38. The Bertz CT molecular complexity index is 566. The van der Waals surface area contributed by atoms with Crippen LogP contribution in [0.25, 0.3) is 0 Å². The highest BCUT2D eigenvalue weighted by molar-refractivity contribution is 9.10. The molecule has 106 valence electrons. The number of nitrogens with zero attached hydrogens (tertiary/aromatic N) is 2. The van der Waals surface area contributed by atoms with Crippen LogP contribution in [0, 0.1) is 0 Å². The normalized spacial score (nSPS) is 14.4. The Morgan fingerprint density at radius 1 is 1.35 bits per heavy atom. The van der Waals surface area contributed by atoms with Gasteiger partial charge in [0.1, 0.15) is 12.4 Å². The SMILES string of the molecule is Brc1cnn(CCOc2ccccc2CNC2CC2)c1. The lowest BCUT2D eigenvalue weighted by molar-refractivity contribution is 0.288. The molecule has 1 aromatic carbocycles. The smallest absolute Gasteiger partial charge is 0.123 e. The van der Waals surface area contributed by atoms with Crippen LogP contribution in [0.15, 0.2) is 41.1 Å². The van der Waals surface area contributed by atoms with Crippen molar-refractivity contribution in [3.8, 4) is 5.75 Å². The van der Waals surface area contributed by atoms with Gasteiger partial charge in [-0.05, 0) is 34.8 Å². The van der Waals surface area contributed by atoms with E-state index in [0.29, 0.717) is 12.6 Å². The van der Waals surface area contributed by atoms with Gasteiger partial charge >= 0.3 is 0 Å². The summed E-state index contributed by atoms with van der Waals surface area (Å²) >= 11 is 3.39. The van der Waals surface area contributed by atoms with Crippen LogP contribution in [0.5, 0.6) is 5.75 Å². The molecule has 2 aromatic rings. The first-order valence-electron chi connectivity index (χ1n) is 6.93. The zero-order chi connectivity index (χ0) is 13.8. The molecule has 1 aliphatic rings. The third-order valence-electron chi connectivity index (χ3n) is 3.31. The molecule has 3 rings (SSSR count). The third kappa shape index (κ3) is 3.84. The zero-order valence-corrected chi connectivity index (χ0v) is 12.8. The van der Waals surface area contributed by atoms with Gasteiger partial charge in [0.15, 0.2) is 0 Å². The Morgan fingerprint density at radius 3 is 2.95 bits per heavy atom. The average Bonchev–Trinajstić information content (AvgIpc) is 3.20. The molecule has 5 heteroatoms. The molecule has 0 unspecified atom stereocenters. The van der Waals surface area contributed by atoms with E-state index < -0.39 is 0 Å². The molecule has 4 nitrogen and oxygen atoms in total. The number of benzene rings is 1. The second-order valence-corrected chi connectivity index (χ2v) is 5.95. The molecule has 1 saturated carbocycles. The third-order valence-corrected chi connectivity index (χ3v) is 3.72. The van der Waals surface area contributed by atoms with Gasteiger partial charge in [-0.2, -0.15) is 5.10 Å². The molecule has 1 aromatic heterocycles. The molecule has 1 fully saturated rings. The molecule has 0 aliphatic heterocycles. The van der Waals surface area contributed by atoms with Gasteiger partial charge in [-0.15, -0.1) is 0 Å². The maximum Gasteiger partial charge on any atom is 0.123 e. The highest BCUT2D eigenvalue weighted by atomic mass is 79.9. The van der Waals surface area contributed by atoms with Crippen molar-refractivity contribution in [2.75, 3.05) is 6.61 Å². The van der Waals surface area contributed by atoms with Crippen molar-refractivity contribution in [2.24, 2.45) is 0 Å². The number of hydrogen-bond acceptors (Lipinski definition) is 3. The minimum absolute atomic E-state index is 0.620. The van der Waals surface area contributed by atoms with Crippen molar-refractivity contribution in [1.29, 1.82) is 0 Å². The van der Waals surface area contributed by atoms with E-state index in [1.165, 1.54) is 18.4 Å². The molecule has 0 bridgehead atoms. The second-order valence-electron chi connectivity index (χ2n) is 5.03. The van der Waals surface area contributed by atoms with E-state index in [4.69, 9.17) is 4.74 Å². The number of nitrogens with one attached hydrogen (secondary N) is 1. The lowest BCUT2D eigenvalue weighted by atomic mass is 10.2. The maximum atomic E-state index is 5.89. The molecule has 0 spiro atoms. The summed E-state index contributed by atoms with van der Waals surface area (Å²) in [6.45, 7) is 2.25. The van der Waals surface area contributed by atoms with E-state index in [2.05, 4.69) is 38.5 Å². The van der Waals surface area contributed by atoms with Crippen LogP contribution in [0.3, 0.4) is 0 Å². The summed E-state index contributed by atoms with van der Waals surface area (Å²) in [5.74, 6) is 0.965. The van der Waals surface area contributed by atoms with E-state index >= 15 is 0 Å². The Morgan fingerprint density at radius 2 is 2.20 bits per heavy atom. The predicted molar refractivity (Wildman–Crippen MR) is 81.7 cm³/mol. The molecule has 20 heavy (non-hydrogen) atoms. The summed E-state index contributed by atoms with van der Waals surface area (Å²) in [7, 11) is 0. The lowest BCUT2D eigenvalue weighted by Gasteiger charge is -2.12. The van der Waals surface area contributed by atoms with Crippen LogP contribution in [-0.4, -0.2) is 22.4 Å². The Balaban J connectivity index is 1.53. The number of para-hydroxylation sites is 1. The predicted octanol–water partition coefficient (Wildman–Crippen LogP) is 2.98. The highest BCUT2D eigenvalue weighted by Gasteiger charge is 2.20. The number of halogens is 1. The van der Waals surface area contributed by atoms with Gasteiger partial charge in [0.05, 0.1) is 17.2 Å². The van der Waals surface area contributed by atoms with Gasteiger partial charge in [-0.25, -0.2) is 0 Å². The summed E-state index contributed by atoms with van der Waals surface area (Å²) < 4.78 is 8.75. The summed E-state index contributed by atoms with van der Waals surface area (Å²) in [4.78, 5) is 0. The fourth-order valence-electron chi connectivity index (χ4n) is 2.04. The topological polar surface area (TPSA) is 39.1 Å². The minimum atomic E-state index is 0.620. The number of rotatable bonds is 7. The van der Waals surface area contributed by atoms with Crippen molar-refractivity contribution in [2.45, 2.75) is 32.0 Å². The van der Waals surface area contributed by atoms with Gasteiger partial charge in [0, 0.05) is 24.3 Å². The van der Waals surface area contributed by atoms with Crippen LogP contribution >= 0.6 is 15.9 Å². The number of ether oxygens (including phenoxy) is 1. The molecule has 1 heterocycles. The summed E-state index contributed by atoms with van der Waals surface area (Å²) in [6.07, 6.45) is 6.34. The van der Waals surface area contributed by atoms with Crippen LogP contribution in [0.2, 0.25) is 0 Å². The summed E-state index contributed by atoms with van der Waals surface area (Å²) in [6, 6.07) is 8.93. The van der Waals surface area contributed by atoms with Crippen LogP contribution in [-0.2, 0) is 13.1 Å². The largest absolute Gasteiger partial charge is 0.491 e. The molecule has 0 amide bonds. The fraction of sp³-hybridized carbons (Fsp3) is 0.400. The lowest BCUT2D eigenvalue weighted by Crippen LogP contribution is -2.16. The van der Waals surface area contributed by atoms with E-state index in [0.717, 1.165) is 23.3 Å². The van der Waals surface area contributed by atoms with Crippen LogP contribution in [0.4, 0.5) is 0 Å². The van der Waals surface area contributed by atoms with E-state index in [9.17, 15) is 0 Å². The molecule has 0 atom stereocenters. The minimum Gasteiger partial charge on any atom is -0.491 e. The van der Waals surface area contributed by atoms with E-state index in [-0.39, 0.29) is 0 Å².